The number of esters is 3. The number of benzene rings is 1. The van der Waals surface area contributed by atoms with Crippen molar-refractivity contribution in [1.29, 1.82) is 0 Å². The Labute approximate surface area is 656 Å². The Bertz CT molecular complexity index is 2830. The van der Waals surface area contributed by atoms with Crippen LogP contribution in [0.2, 0.25) is 0 Å². The van der Waals surface area contributed by atoms with Gasteiger partial charge in [0.15, 0.2) is 18.9 Å². The SMILES string of the molecule is CC(=O)NC1C(OCCCCC(=O)NCCCNC(=O)CCOCC(COCCC(=O)NCCCNC(=O)CCCCOC2OC(COC(C)=O)C(C)C(C)C2C)(COCCC(=O)NCCCNC(=O)CCCCOC2OC(COC(C)=O)C(C)C(C)C2C)NC(=O)OCc2ccccc2)OC(COC(C)=O)C(C)C1C. The normalized spacial score (nSPS) is 24.1. The second-order valence-electron chi connectivity index (χ2n) is 29.7. The molecule has 32 heteroatoms. The molecule has 3 heterocycles. The van der Waals surface area contributed by atoms with Crippen LogP contribution in [0.5, 0.6) is 0 Å². The van der Waals surface area contributed by atoms with Gasteiger partial charge in [0.1, 0.15) is 32.0 Å². The van der Waals surface area contributed by atoms with Crippen molar-refractivity contribution in [3.05, 3.63) is 35.9 Å². The van der Waals surface area contributed by atoms with Gasteiger partial charge in [0, 0.05) is 137 Å². The predicted molar refractivity (Wildman–Crippen MR) is 407 cm³/mol. The number of hydrogen-bond donors (Lipinski definition) is 8. The molecule has 15 unspecified atom stereocenters. The molecule has 0 radical (unpaired) electrons. The molecular weight excluding hydrogens is 1440 g/mol. The van der Waals surface area contributed by atoms with Crippen molar-refractivity contribution in [2.75, 3.05) is 119 Å². The van der Waals surface area contributed by atoms with E-state index in [9.17, 15) is 52.7 Å². The standard InChI is InChI=1S/C79H132N8O24/c1-52-54(3)65(46-105-61(10)89)109-75(58(52)7)102-39-19-16-27-68(92)80-33-22-36-83-71(95)30-42-99-49-79(87-78(98)108-45-64-25-14-13-15-26-64,50-100-43-31-72(96)84-37-23-34-81-69(93)28-17-20-40-103-76-59(8)53(2)55(4)66(110-76)47-106-62(11)90)51-101-44-32-73(97)85-38-24-35-82-70(94)29-18-21-41-104-77-74(86-60(9)88)57(6)56(5)67(111-77)48-107-63(12)91/h13-15,25-26,52-59,65-67,74-77H,16-24,27-51H2,1-12H3,(H,80,92)(H,81,93)(H,82,94)(H,83,95)(H,84,96)(H,85,97)(H,86,88)(H,87,98). The fraction of sp³-hybridized carbons (Fsp3) is 0.785. The summed E-state index contributed by atoms with van der Waals surface area (Å²) in [6.07, 6.45) is 2.01. The molecular formula is C79H132N8O24. The average Bonchev–Trinajstić information content (AvgIpc) is 0.821. The highest BCUT2D eigenvalue weighted by Gasteiger charge is 2.44. The highest BCUT2D eigenvalue weighted by molar-refractivity contribution is 5.78. The molecule has 3 saturated heterocycles. The molecule has 4 rings (SSSR count). The molecule has 632 valence electrons. The summed E-state index contributed by atoms with van der Waals surface area (Å²) in [4.78, 5) is 137. The van der Waals surface area contributed by atoms with Gasteiger partial charge in [0.2, 0.25) is 41.4 Å². The number of rotatable bonds is 55. The molecule has 8 N–H and O–H groups in total. The van der Waals surface area contributed by atoms with Gasteiger partial charge in [-0.2, -0.15) is 0 Å². The first-order valence-corrected chi connectivity index (χ1v) is 39.9. The molecule has 111 heavy (non-hydrogen) atoms. The van der Waals surface area contributed by atoms with Crippen molar-refractivity contribution in [2.24, 2.45) is 47.3 Å². The lowest BCUT2D eigenvalue weighted by Gasteiger charge is -2.44. The van der Waals surface area contributed by atoms with E-state index in [1.54, 1.807) is 24.3 Å². The summed E-state index contributed by atoms with van der Waals surface area (Å²) < 4.78 is 76.2. The fourth-order valence-corrected chi connectivity index (χ4v) is 12.8. The second kappa shape index (κ2) is 54.5. The molecule has 3 aliphatic rings. The summed E-state index contributed by atoms with van der Waals surface area (Å²) in [6, 6.07) is 8.59. The average molecular weight is 1580 g/mol. The van der Waals surface area contributed by atoms with Gasteiger partial charge in [-0.05, 0) is 98.9 Å². The number of amides is 8. The van der Waals surface area contributed by atoms with Crippen LogP contribution < -0.4 is 42.5 Å². The molecule has 0 bridgehead atoms. The van der Waals surface area contributed by atoms with Crippen molar-refractivity contribution < 1.29 is 114 Å². The minimum absolute atomic E-state index is 0.0343. The lowest BCUT2D eigenvalue weighted by atomic mass is 9.79. The van der Waals surface area contributed by atoms with Gasteiger partial charge < -0.3 is 104 Å². The van der Waals surface area contributed by atoms with E-state index in [1.165, 1.54) is 27.7 Å². The van der Waals surface area contributed by atoms with Crippen LogP contribution in [0.3, 0.4) is 0 Å². The third-order valence-corrected chi connectivity index (χ3v) is 20.6. The van der Waals surface area contributed by atoms with E-state index >= 15 is 0 Å². The molecule has 1 aromatic rings. The van der Waals surface area contributed by atoms with E-state index in [4.69, 9.17) is 61.6 Å². The highest BCUT2D eigenvalue weighted by atomic mass is 16.7. The maximum Gasteiger partial charge on any atom is 0.408 e. The van der Waals surface area contributed by atoms with E-state index in [1.807, 2.05) is 19.9 Å². The van der Waals surface area contributed by atoms with Gasteiger partial charge in [0.25, 0.3) is 0 Å². The number of alkyl carbamates (subject to hydrolysis) is 1. The van der Waals surface area contributed by atoms with Crippen LogP contribution in [0.1, 0.15) is 185 Å². The van der Waals surface area contributed by atoms with Crippen LogP contribution in [0.25, 0.3) is 0 Å². The smallest absolute Gasteiger partial charge is 0.408 e. The van der Waals surface area contributed by atoms with Crippen LogP contribution in [-0.2, 0) is 116 Å². The molecule has 1 aromatic carbocycles. The summed E-state index contributed by atoms with van der Waals surface area (Å²) in [5, 5.41) is 22.9. The Kier molecular flexibility index (Phi) is 47.3. The molecule has 32 nitrogen and oxygen atoms in total. The van der Waals surface area contributed by atoms with Gasteiger partial charge in [-0.1, -0.05) is 85.7 Å². The Hall–Kier alpha value is -7.17. The van der Waals surface area contributed by atoms with Crippen molar-refractivity contribution in [2.45, 2.75) is 235 Å². The van der Waals surface area contributed by atoms with Crippen molar-refractivity contribution in [3.8, 4) is 0 Å². The van der Waals surface area contributed by atoms with E-state index < -0.39 is 48.6 Å². The van der Waals surface area contributed by atoms with Crippen LogP contribution in [0.4, 0.5) is 4.79 Å². The van der Waals surface area contributed by atoms with Gasteiger partial charge in [-0.3, -0.25) is 47.9 Å². The van der Waals surface area contributed by atoms with E-state index in [0.717, 1.165) is 0 Å². The minimum Gasteiger partial charge on any atom is -0.463 e. The molecule has 15 atom stereocenters. The second-order valence-corrected chi connectivity index (χ2v) is 29.7. The van der Waals surface area contributed by atoms with Gasteiger partial charge >= 0.3 is 24.0 Å². The summed E-state index contributed by atoms with van der Waals surface area (Å²) in [6.45, 7) is 24.1. The zero-order valence-corrected chi connectivity index (χ0v) is 67.9. The largest absolute Gasteiger partial charge is 0.463 e. The van der Waals surface area contributed by atoms with E-state index in [0.29, 0.717) is 109 Å². The van der Waals surface area contributed by atoms with Gasteiger partial charge in [-0.15, -0.1) is 0 Å². The summed E-state index contributed by atoms with van der Waals surface area (Å²) in [7, 11) is 0. The van der Waals surface area contributed by atoms with Crippen molar-refractivity contribution >= 4 is 65.4 Å². The summed E-state index contributed by atoms with van der Waals surface area (Å²) in [5.74, 6) is -1.67. The Morgan fingerprint density at radius 1 is 0.360 bits per heavy atom. The monoisotopic (exact) mass is 1580 g/mol. The molecule has 0 spiro atoms. The first-order valence-electron chi connectivity index (χ1n) is 39.9. The maximum atomic E-state index is 13.7. The summed E-state index contributed by atoms with van der Waals surface area (Å²) in [5.41, 5.74) is -0.768. The number of nitrogens with one attached hydrogen (secondary N) is 8. The van der Waals surface area contributed by atoms with Crippen molar-refractivity contribution in [3.63, 3.8) is 0 Å². The minimum atomic E-state index is -1.48. The molecule has 0 saturated carbocycles. The third kappa shape index (κ3) is 39.9. The highest BCUT2D eigenvalue weighted by Crippen LogP contribution is 2.38. The van der Waals surface area contributed by atoms with Gasteiger partial charge in [-0.25, -0.2) is 4.79 Å². The number of unbranched alkanes of at least 4 members (excludes halogenated alkanes) is 3. The third-order valence-electron chi connectivity index (χ3n) is 20.6. The Morgan fingerprint density at radius 2 is 0.685 bits per heavy atom. The maximum absolute atomic E-state index is 13.7. The predicted octanol–water partition coefficient (Wildman–Crippen LogP) is 5.76. The van der Waals surface area contributed by atoms with E-state index in [-0.39, 0.29) is 231 Å². The lowest BCUT2D eigenvalue weighted by molar-refractivity contribution is -0.255. The Balaban J connectivity index is 1.24. The molecule has 3 fully saturated rings. The van der Waals surface area contributed by atoms with Crippen LogP contribution in [-0.4, -0.2) is 233 Å². The first kappa shape index (κ1) is 96.2. The zero-order valence-electron chi connectivity index (χ0n) is 67.9. The summed E-state index contributed by atoms with van der Waals surface area (Å²) >= 11 is 0. The molecule has 0 aromatic heterocycles. The van der Waals surface area contributed by atoms with Crippen molar-refractivity contribution in [1.82, 2.24) is 42.5 Å². The molecule has 3 aliphatic heterocycles. The number of ether oxygens (including phenoxy) is 13. The first-order chi connectivity index (χ1) is 53.1. The fourth-order valence-electron chi connectivity index (χ4n) is 12.8. The number of carbonyl (C=O) groups excluding carboxylic acids is 11. The number of hydrogen-bond acceptors (Lipinski definition) is 24. The quantitative estimate of drug-likeness (QED) is 0.0218. The zero-order chi connectivity index (χ0) is 81.5. The Morgan fingerprint density at radius 3 is 1.03 bits per heavy atom. The van der Waals surface area contributed by atoms with Crippen LogP contribution in [0.15, 0.2) is 30.3 Å². The molecule has 8 amide bonds. The number of carbonyl (C=O) groups is 11. The van der Waals surface area contributed by atoms with Crippen LogP contribution in [0, 0.1) is 47.3 Å². The van der Waals surface area contributed by atoms with Gasteiger partial charge in [0.05, 0.1) is 64.0 Å². The lowest BCUT2D eigenvalue weighted by Crippen LogP contribution is -2.59. The van der Waals surface area contributed by atoms with E-state index in [2.05, 4.69) is 84.1 Å². The molecule has 0 aliphatic carbocycles. The topological polar surface area (TPSA) is 404 Å². The van der Waals surface area contributed by atoms with Crippen LogP contribution >= 0.6 is 0 Å².